The Morgan fingerprint density at radius 1 is 0.297 bits per heavy atom. The minimum Gasteiger partial charge on any atom is -0.299 e. The summed E-state index contributed by atoms with van der Waals surface area (Å²) in [4.78, 5) is 20.9. The summed E-state index contributed by atoms with van der Waals surface area (Å²) < 4.78 is 2.16. The highest BCUT2D eigenvalue weighted by Crippen LogP contribution is 2.63. The lowest BCUT2D eigenvalue weighted by Crippen LogP contribution is -2.25. The monoisotopic (exact) mass is 815 g/mol. The van der Waals surface area contributed by atoms with Crippen LogP contribution in [-0.4, -0.2) is 24.3 Å². The van der Waals surface area contributed by atoms with Crippen LogP contribution in [0.25, 0.3) is 95.7 Å². The van der Waals surface area contributed by atoms with Crippen molar-refractivity contribution in [3.05, 3.63) is 247 Å². The van der Waals surface area contributed by atoms with Gasteiger partial charge in [0.2, 0.25) is 0 Å². The van der Waals surface area contributed by atoms with Crippen molar-refractivity contribution >= 4 is 5.65 Å². The molecule has 1 spiro atoms. The fourth-order valence-electron chi connectivity index (χ4n) is 10.3. The standard InChI is InChI=1S/C59H37N5/c1-3-15-38(16-4-1)39-26-30-42(31-27-39)56-61-57(43-32-28-40(29-33-43)54-55(41-17-5-2-6-18-41)64-36-14-13-25-53(64)60-54)63-58(62-56)44-34-35-48-47-21-9-12-24-51(47)59(52(48)37-44)49-22-10-7-19-45(49)46-20-8-11-23-50(46)59/h1-37H. The van der Waals surface area contributed by atoms with Crippen molar-refractivity contribution in [1.82, 2.24) is 24.3 Å². The zero-order valence-electron chi connectivity index (χ0n) is 34.6. The number of rotatable bonds is 6. The topological polar surface area (TPSA) is 56.0 Å². The van der Waals surface area contributed by atoms with Crippen LogP contribution in [0.4, 0.5) is 0 Å². The molecule has 8 aromatic carbocycles. The highest BCUT2D eigenvalue weighted by molar-refractivity contribution is 5.96. The molecule has 298 valence electrons. The van der Waals surface area contributed by atoms with Gasteiger partial charge in [0, 0.05) is 34.0 Å². The van der Waals surface area contributed by atoms with Crippen molar-refractivity contribution < 1.29 is 0 Å². The normalized spacial score (nSPS) is 12.8. The van der Waals surface area contributed by atoms with Gasteiger partial charge in [0.05, 0.1) is 16.8 Å². The molecule has 5 nitrogen and oxygen atoms in total. The van der Waals surface area contributed by atoms with E-state index in [0.717, 1.165) is 56.0 Å². The second-order valence-electron chi connectivity index (χ2n) is 16.6. The number of aromatic nitrogens is 5. The SMILES string of the molecule is c1ccc(-c2ccc(-c3nc(-c4ccc(-c5nc6ccccn6c5-c5ccccc5)cc4)nc(-c4ccc5c(c4)C4(c6ccccc6-c6ccccc64)c4ccccc4-5)n3)cc2)cc1. The summed E-state index contributed by atoms with van der Waals surface area (Å²) in [6, 6.07) is 77.5. The van der Waals surface area contributed by atoms with E-state index < -0.39 is 5.41 Å². The van der Waals surface area contributed by atoms with Gasteiger partial charge in [-0.25, -0.2) is 19.9 Å². The van der Waals surface area contributed by atoms with Crippen LogP contribution in [0.3, 0.4) is 0 Å². The molecular weight excluding hydrogens is 779 g/mol. The molecule has 0 saturated heterocycles. The van der Waals surface area contributed by atoms with E-state index in [9.17, 15) is 0 Å². The molecule has 2 aliphatic carbocycles. The molecule has 3 heterocycles. The number of pyridine rings is 1. The van der Waals surface area contributed by atoms with Crippen LogP contribution in [0.5, 0.6) is 0 Å². The molecule has 0 amide bonds. The van der Waals surface area contributed by atoms with Crippen LogP contribution in [0.15, 0.2) is 225 Å². The van der Waals surface area contributed by atoms with Crippen LogP contribution in [-0.2, 0) is 5.41 Å². The molecule has 13 rings (SSSR count). The average molecular weight is 816 g/mol. The fourth-order valence-corrected chi connectivity index (χ4v) is 10.3. The van der Waals surface area contributed by atoms with E-state index in [0.29, 0.717) is 17.5 Å². The highest BCUT2D eigenvalue weighted by Gasteiger charge is 2.51. The average Bonchev–Trinajstić information content (AvgIpc) is 4.01. The lowest BCUT2D eigenvalue weighted by Gasteiger charge is -2.30. The largest absolute Gasteiger partial charge is 0.299 e. The number of hydrogen-bond acceptors (Lipinski definition) is 4. The molecular formula is C59H37N5. The van der Waals surface area contributed by atoms with Gasteiger partial charge in [0.1, 0.15) is 5.65 Å². The lowest BCUT2D eigenvalue weighted by atomic mass is 9.70. The molecule has 0 saturated carbocycles. The van der Waals surface area contributed by atoms with E-state index in [1.165, 1.54) is 44.5 Å². The third-order valence-corrected chi connectivity index (χ3v) is 13.1. The second kappa shape index (κ2) is 14.3. The van der Waals surface area contributed by atoms with Gasteiger partial charge >= 0.3 is 0 Å². The van der Waals surface area contributed by atoms with Crippen molar-refractivity contribution in [2.24, 2.45) is 0 Å². The van der Waals surface area contributed by atoms with Crippen LogP contribution >= 0.6 is 0 Å². The predicted molar refractivity (Wildman–Crippen MR) is 257 cm³/mol. The van der Waals surface area contributed by atoms with Crippen molar-refractivity contribution in [2.45, 2.75) is 5.41 Å². The maximum absolute atomic E-state index is 5.30. The summed E-state index contributed by atoms with van der Waals surface area (Å²) in [6.45, 7) is 0. The number of imidazole rings is 1. The molecule has 0 N–H and O–H groups in total. The molecule has 0 atom stereocenters. The van der Waals surface area contributed by atoms with Crippen LogP contribution < -0.4 is 0 Å². The van der Waals surface area contributed by atoms with Gasteiger partial charge < -0.3 is 0 Å². The summed E-state index contributed by atoms with van der Waals surface area (Å²) in [5.74, 6) is 1.84. The third kappa shape index (κ3) is 5.44. The highest BCUT2D eigenvalue weighted by atomic mass is 15.0. The van der Waals surface area contributed by atoms with E-state index in [1.807, 2.05) is 30.3 Å². The number of nitrogens with zero attached hydrogens (tertiary/aromatic N) is 5. The van der Waals surface area contributed by atoms with E-state index >= 15 is 0 Å². The van der Waals surface area contributed by atoms with E-state index in [2.05, 4.69) is 199 Å². The van der Waals surface area contributed by atoms with Gasteiger partial charge in [-0.2, -0.15) is 0 Å². The quantitative estimate of drug-likeness (QED) is 0.168. The summed E-state index contributed by atoms with van der Waals surface area (Å²) in [5, 5.41) is 0. The van der Waals surface area contributed by atoms with Crippen molar-refractivity contribution in [1.29, 1.82) is 0 Å². The minimum atomic E-state index is -0.479. The van der Waals surface area contributed by atoms with Crippen LogP contribution in [0.2, 0.25) is 0 Å². The zero-order valence-corrected chi connectivity index (χ0v) is 34.6. The molecule has 0 fully saturated rings. The lowest BCUT2D eigenvalue weighted by molar-refractivity contribution is 0.794. The van der Waals surface area contributed by atoms with Crippen LogP contribution in [0.1, 0.15) is 22.3 Å². The summed E-state index contributed by atoms with van der Waals surface area (Å²) in [6.07, 6.45) is 2.08. The van der Waals surface area contributed by atoms with E-state index in [4.69, 9.17) is 19.9 Å². The first-order chi connectivity index (χ1) is 31.7. The zero-order chi connectivity index (χ0) is 42.2. The molecule has 0 bridgehead atoms. The third-order valence-electron chi connectivity index (χ3n) is 13.1. The fraction of sp³-hybridized carbons (Fsp3) is 0.0169. The first kappa shape index (κ1) is 36.1. The van der Waals surface area contributed by atoms with Gasteiger partial charge in [-0.05, 0) is 73.8 Å². The first-order valence-corrected chi connectivity index (χ1v) is 21.7. The molecule has 0 unspecified atom stereocenters. The molecule has 5 heteroatoms. The van der Waals surface area contributed by atoms with Gasteiger partial charge in [-0.3, -0.25) is 4.40 Å². The van der Waals surface area contributed by atoms with Gasteiger partial charge in [0.15, 0.2) is 17.5 Å². The number of hydrogen-bond donors (Lipinski definition) is 0. The Kier molecular flexibility index (Phi) is 8.06. The number of benzene rings is 8. The Morgan fingerprint density at radius 3 is 1.30 bits per heavy atom. The Hall–Kier alpha value is -8.54. The van der Waals surface area contributed by atoms with E-state index in [1.54, 1.807) is 0 Å². The van der Waals surface area contributed by atoms with Gasteiger partial charge in [0.25, 0.3) is 0 Å². The second-order valence-corrected chi connectivity index (χ2v) is 16.6. The van der Waals surface area contributed by atoms with E-state index in [-0.39, 0.29) is 0 Å². The smallest absolute Gasteiger partial charge is 0.164 e. The summed E-state index contributed by atoms with van der Waals surface area (Å²) >= 11 is 0. The van der Waals surface area contributed by atoms with Crippen molar-refractivity contribution in [2.75, 3.05) is 0 Å². The summed E-state index contributed by atoms with van der Waals surface area (Å²) in [7, 11) is 0. The van der Waals surface area contributed by atoms with Crippen molar-refractivity contribution in [3.8, 4) is 90.1 Å². The molecule has 0 radical (unpaired) electrons. The Bertz CT molecular complexity index is 3530. The van der Waals surface area contributed by atoms with Crippen molar-refractivity contribution in [3.63, 3.8) is 0 Å². The molecule has 64 heavy (non-hydrogen) atoms. The first-order valence-electron chi connectivity index (χ1n) is 21.7. The number of fused-ring (bicyclic) bond motifs is 11. The Labute approximate surface area is 370 Å². The predicted octanol–water partition coefficient (Wildman–Crippen LogP) is 13.9. The molecule has 3 aromatic heterocycles. The summed E-state index contributed by atoms with van der Waals surface area (Å²) in [5.41, 5.74) is 19.7. The molecule has 2 aliphatic rings. The molecule has 0 aliphatic heterocycles. The Balaban J connectivity index is 0.977. The molecule has 11 aromatic rings. The van der Waals surface area contributed by atoms with Gasteiger partial charge in [-0.15, -0.1) is 0 Å². The Morgan fingerprint density at radius 2 is 0.719 bits per heavy atom. The van der Waals surface area contributed by atoms with Crippen LogP contribution in [0, 0.1) is 0 Å². The maximum atomic E-state index is 5.30. The minimum absolute atomic E-state index is 0.479. The maximum Gasteiger partial charge on any atom is 0.164 e. The van der Waals surface area contributed by atoms with Gasteiger partial charge in [-0.1, -0.05) is 200 Å².